The fourth-order valence-electron chi connectivity index (χ4n) is 3.04. The van der Waals surface area contributed by atoms with E-state index in [1.807, 2.05) is 60.7 Å². The highest BCUT2D eigenvalue weighted by Crippen LogP contribution is 2.08. The lowest BCUT2D eigenvalue weighted by Crippen LogP contribution is -2.54. The second-order valence-corrected chi connectivity index (χ2v) is 7.20. The Bertz CT molecular complexity index is 824. The van der Waals surface area contributed by atoms with E-state index < -0.39 is 30.1 Å². The van der Waals surface area contributed by atoms with Crippen molar-refractivity contribution in [3.63, 3.8) is 0 Å². The van der Waals surface area contributed by atoms with Crippen molar-refractivity contribution in [2.45, 2.75) is 50.8 Å². The van der Waals surface area contributed by atoms with Crippen LogP contribution < -0.4 is 10.6 Å². The number of hydrogen-bond donors (Lipinski definition) is 4. The highest BCUT2D eigenvalue weighted by molar-refractivity contribution is 5.90. The molecule has 0 bridgehead atoms. The highest BCUT2D eigenvalue weighted by atomic mass is 16.4. The molecule has 7 heteroatoms. The van der Waals surface area contributed by atoms with Crippen LogP contribution in [0.15, 0.2) is 60.7 Å². The Morgan fingerprint density at radius 3 is 1.90 bits per heavy atom. The number of carboxylic acids is 1. The molecule has 2 rings (SSSR count). The summed E-state index contributed by atoms with van der Waals surface area (Å²) in [5.41, 5.74) is 2.01. The molecule has 30 heavy (non-hydrogen) atoms. The van der Waals surface area contributed by atoms with Crippen molar-refractivity contribution >= 4 is 17.8 Å². The van der Waals surface area contributed by atoms with Gasteiger partial charge in [0.05, 0.1) is 6.10 Å². The number of hydrogen-bond acceptors (Lipinski definition) is 4. The van der Waals surface area contributed by atoms with Crippen molar-refractivity contribution in [3.05, 3.63) is 71.8 Å². The number of aryl methyl sites for hydroxylation is 2. The Kier molecular flexibility index (Phi) is 9.03. The lowest BCUT2D eigenvalue weighted by molar-refractivity contribution is -0.145. The molecule has 3 atom stereocenters. The summed E-state index contributed by atoms with van der Waals surface area (Å²) in [4.78, 5) is 36.4. The molecule has 0 aliphatic carbocycles. The van der Waals surface area contributed by atoms with E-state index in [1.165, 1.54) is 6.92 Å². The number of nitrogens with one attached hydrogen (secondary N) is 2. The standard InChI is InChI=1S/C23H28N2O5/c1-16(26)21(23(29)30)25-22(28)19(14-12-17-8-4-2-5-9-17)24-20(27)15-13-18-10-6-3-7-11-18/h2-11,16,19,21,26H,12-15H2,1H3,(H,24,27)(H,25,28)(H,29,30)/t16-,19+,21+/m1/s1. The van der Waals surface area contributed by atoms with Crippen LogP contribution in [0.25, 0.3) is 0 Å². The molecule has 4 N–H and O–H groups in total. The van der Waals surface area contributed by atoms with Gasteiger partial charge in [-0.15, -0.1) is 0 Å². The first kappa shape index (κ1) is 23.1. The van der Waals surface area contributed by atoms with Crippen LogP contribution >= 0.6 is 0 Å². The summed E-state index contributed by atoms with van der Waals surface area (Å²) in [5, 5.41) is 23.9. The molecule has 7 nitrogen and oxygen atoms in total. The monoisotopic (exact) mass is 412 g/mol. The van der Waals surface area contributed by atoms with Crippen molar-refractivity contribution in [2.24, 2.45) is 0 Å². The Balaban J connectivity index is 2.02. The molecule has 0 heterocycles. The van der Waals surface area contributed by atoms with Gasteiger partial charge in [0.25, 0.3) is 0 Å². The van der Waals surface area contributed by atoms with Crippen LogP contribution in [0.4, 0.5) is 0 Å². The molecule has 2 amide bonds. The van der Waals surface area contributed by atoms with Crippen LogP contribution in [0.1, 0.15) is 30.9 Å². The third-order valence-corrected chi connectivity index (χ3v) is 4.75. The number of benzene rings is 2. The average molecular weight is 412 g/mol. The van der Waals surface area contributed by atoms with Crippen LogP contribution in [-0.2, 0) is 27.2 Å². The van der Waals surface area contributed by atoms with Gasteiger partial charge in [0.2, 0.25) is 11.8 Å². The average Bonchev–Trinajstić information content (AvgIpc) is 2.74. The minimum absolute atomic E-state index is 0.206. The summed E-state index contributed by atoms with van der Waals surface area (Å²) in [6.45, 7) is 1.29. The number of carboxylic acid groups (broad SMARTS) is 1. The molecule has 0 saturated carbocycles. The van der Waals surface area contributed by atoms with E-state index in [9.17, 15) is 24.6 Å². The third-order valence-electron chi connectivity index (χ3n) is 4.75. The molecule has 2 aromatic carbocycles. The van der Waals surface area contributed by atoms with Crippen LogP contribution in [0.5, 0.6) is 0 Å². The predicted molar refractivity (Wildman–Crippen MR) is 113 cm³/mol. The zero-order valence-corrected chi connectivity index (χ0v) is 17.0. The van der Waals surface area contributed by atoms with Crippen molar-refractivity contribution in [3.8, 4) is 0 Å². The summed E-state index contributed by atoms with van der Waals surface area (Å²) in [5.74, 6) is -2.26. The summed E-state index contributed by atoms with van der Waals surface area (Å²) < 4.78 is 0. The first-order chi connectivity index (χ1) is 14.4. The predicted octanol–water partition coefficient (Wildman–Crippen LogP) is 1.69. The van der Waals surface area contributed by atoms with Gasteiger partial charge in [-0.1, -0.05) is 60.7 Å². The second kappa shape index (κ2) is 11.7. The van der Waals surface area contributed by atoms with E-state index in [2.05, 4.69) is 10.6 Å². The first-order valence-corrected chi connectivity index (χ1v) is 9.95. The van der Waals surface area contributed by atoms with Crippen molar-refractivity contribution in [2.75, 3.05) is 0 Å². The molecule has 0 radical (unpaired) electrons. The molecule has 0 unspecified atom stereocenters. The number of aliphatic carboxylic acids is 1. The lowest BCUT2D eigenvalue weighted by Gasteiger charge is -2.23. The zero-order valence-electron chi connectivity index (χ0n) is 17.0. The molecule has 160 valence electrons. The molecule has 0 fully saturated rings. The number of carbonyl (C=O) groups excluding carboxylic acids is 2. The fraction of sp³-hybridized carbons (Fsp3) is 0.348. The fourth-order valence-corrected chi connectivity index (χ4v) is 3.04. The molecule has 0 spiro atoms. The Morgan fingerprint density at radius 2 is 1.40 bits per heavy atom. The SMILES string of the molecule is C[C@@H](O)[C@H](NC(=O)[C@H](CCc1ccccc1)NC(=O)CCc1ccccc1)C(=O)O. The topological polar surface area (TPSA) is 116 Å². The Labute approximate surface area is 176 Å². The smallest absolute Gasteiger partial charge is 0.328 e. The van der Waals surface area contributed by atoms with Crippen molar-refractivity contribution in [1.82, 2.24) is 10.6 Å². The van der Waals surface area contributed by atoms with Gasteiger partial charge >= 0.3 is 5.97 Å². The van der Waals surface area contributed by atoms with Crippen LogP contribution in [0.3, 0.4) is 0 Å². The number of carbonyl (C=O) groups is 3. The highest BCUT2D eigenvalue weighted by Gasteiger charge is 2.29. The summed E-state index contributed by atoms with van der Waals surface area (Å²) in [6, 6.07) is 16.7. The molecular formula is C23H28N2O5. The summed E-state index contributed by atoms with van der Waals surface area (Å²) in [7, 11) is 0. The maximum absolute atomic E-state index is 12.7. The van der Waals surface area contributed by atoms with Crippen molar-refractivity contribution < 1.29 is 24.6 Å². The van der Waals surface area contributed by atoms with Crippen molar-refractivity contribution in [1.29, 1.82) is 0 Å². The second-order valence-electron chi connectivity index (χ2n) is 7.20. The van der Waals surface area contributed by atoms with E-state index in [1.54, 1.807) is 0 Å². The van der Waals surface area contributed by atoms with Gasteiger partial charge in [-0.25, -0.2) is 4.79 Å². The van der Waals surface area contributed by atoms with E-state index in [-0.39, 0.29) is 12.3 Å². The van der Waals surface area contributed by atoms with Crippen LogP contribution in [-0.4, -0.2) is 46.2 Å². The quantitative estimate of drug-likeness (QED) is 0.448. The zero-order chi connectivity index (χ0) is 21.9. The molecule has 0 saturated heterocycles. The first-order valence-electron chi connectivity index (χ1n) is 9.95. The molecular weight excluding hydrogens is 384 g/mol. The summed E-state index contributed by atoms with van der Waals surface area (Å²) in [6.07, 6.45) is 0.307. The maximum Gasteiger partial charge on any atom is 0.328 e. The number of rotatable bonds is 11. The van der Waals surface area contributed by atoms with E-state index >= 15 is 0 Å². The minimum atomic E-state index is -1.45. The van der Waals surface area contributed by atoms with E-state index in [0.717, 1.165) is 11.1 Å². The Morgan fingerprint density at radius 1 is 0.867 bits per heavy atom. The molecule has 2 aromatic rings. The van der Waals surface area contributed by atoms with Gasteiger partial charge in [0.15, 0.2) is 6.04 Å². The third kappa shape index (κ3) is 7.67. The number of amides is 2. The number of aliphatic hydroxyl groups is 1. The normalized spacial score (nSPS) is 13.7. The lowest BCUT2D eigenvalue weighted by atomic mass is 10.0. The van der Waals surface area contributed by atoms with E-state index in [0.29, 0.717) is 19.3 Å². The van der Waals surface area contributed by atoms with Gasteiger partial charge in [-0.3, -0.25) is 9.59 Å². The number of aliphatic hydroxyl groups excluding tert-OH is 1. The van der Waals surface area contributed by atoms with Crippen LogP contribution in [0.2, 0.25) is 0 Å². The van der Waals surface area contributed by atoms with Gasteiger partial charge in [-0.2, -0.15) is 0 Å². The molecule has 0 aliphatic heterocycles. The minimum Gasteiger partial charge on any atom is -0.480 e. The molecule has 0 aliphatic rings. The van der Waals surface area contributed by atoms with Gasteiger partial charge in [0, 0.05) is 6.42 Å². The maximum atomic E-state index is 12.7. The summed E-state index contributed by atoms with van der Waals surface area (Å²) >= 11 is 0. The van der Waals surface area contributed by atoms with Crippen LogP contribution in [0, 0.1) is 0 Å². The van der Waals surface area contributed by atoms with E-state index in [4.69, 9.17) is 0 Å². The van der Waals surface area contributed by atoms with Gasteiger partial charge in [0.1, 0.15) is 6.04 Å². The Hall–Kier alpha value is -3.19. The molecule has 0 aromatic heterocycles. The van der Waals surface area contributed by atoms with Gasteiger partial charge < -0.3 is 20.8 Å². The van der Waals surface area contributed by atoms with Gasteiger partial charge in [-0.05, 0) is 37.3 Å². The largest absolute Gasteiger partial charge is 0.480 e.